The molecule has 1 fully saturated rings. The fourth-order valence-corrected chi connectivity index (χ4v) is 4.35. The first-order valence-electron chi connectivity index (χ1n) is 9.21. The molecule has 1 aromatic carbocycles. The van der Waals surface area contributed by atoms with Crippen LogP contribution in [-0.2, 0) is 4.79 Å². The average Bonchev–Trinajstić information content (AvgIpc) is 3.21. The Labute approximate surface area is 159 Å². The number of thiophene rings is 1. The van der Waals surface area contributed by atoms with E-state index in [0.717, 1.165) is 37.7 Å². The fraction of sp³-hybridized carbons (Fsp3) is 0.429. The maximum absolute atomic E-state index is 12.8. The number of nitriles is 1. The molecule has 1 aliphatic rings. The van der Waals surface area contributed by atoms with Gasteiger partial charge in [0.1, 0.15) is 5.54 Å². The SMILES string of the molecule is C[C@@H](N[C@H](c1ccccc1)c1cccs1)C(=O)NC1(C#N)CCCCC1. The molecule has 0 unspecified atom stereocenters. The zero-order valence-electron chi connectivity index (χ0n) is 15.1. The molecule has 0 saturated heterocycles. The summed E-state index contributed by atoms with van der Waals surface area (Å²) in [6, 6.07) is 16.2. The molecule has 26 heavy (non-hydrogen) atoms. The Bertz CT molecular complexity index is 745. The van der Waals surface area contributed by atoms with Crippen molar-refractivity contribution in [2.45, 2.75) is 56.7 Å². The van der Waals surface area contributed by atoms with Crippen molar-refractivity contribution in [2.24, 2.45) is 0 Å². The minimum atomic E-state index is -0.698. The number of hydrogen-bond acceptors (Lipinski definition) is 4. The van der Waals surface area contributed by atoms with Gasteiger partial charge in [-0.1, -0.05) is 55.7 Å². The molecular formula is C21H25N3OS. The fourth-order valence-electron chi connectivity index (χ4n) is 3.53. The van der Waals surface area contributed by atoms with Gasteiger partial charge < -0.3 is 5.32 Å². The highest BCUT2D eigenvalue weighted by atomic mass is 32.1. The predicted octanol–water partition coefficient (Wildman–Crippen LogP) is 4.16. The number of rotatable bonds is 6. The second kappa shape index (κ2) is 8.48. The van der Waals surface area contributed by atoms with E-state index in [0.29, 0.717) is 0 Å². The van der Waals surface area contributed by atoms with E-state index in [1.165, 1.54) is 4.88 Å². The first-order chi connectivity index (χ1) is 12.6. The minimum absolute atomic E-state index is 0.0404. The summed E-state index contributed by atoms with van der Waals surface area (Å²) in [4.78, 5) is 14.0. The van der Waals surface area contributed by atoms with Crippen molar-refractivity contribution in [1.29, 1.82) is 5.26 Å². The molecule has 136 valence electrons. The van der Waals surface area contributed by atoms with Gasteiger partial charge in [0.25, 0.3) is 0 Å². The molecule has 1 heterocycles. The highest BCUT2D eigenvalue weighted by molar-refractivity contribution is 7.10. The third kappa shape index (κ3) is 4.32. The summed E-state index contributed by atoms with van der Waals surface area (Å²) in [5, 5.41) is 18.1. The van der Waals surface area contributed by atoms with Crippen molar-refractivity contribution >= 4 is 17.2 Å². The van der Waals surface area contributed by atoms with Gasteiger partial charge in [-0.3, -0.25) is 10.1 Å². The first kappa shape index (κ1) is 18.6. The zero-order chi connectivity index (χ0) is 18.4. The van der Waals surface area contributed by atoms with E-state index in [1.807, 2.05) is 36.6 Å². The third-order valence-corrected chi connectivity index (χ3v) is 5.99. The second-order valence-electron chi connectivity index (χ2n) is 6.99. The van der Waals surface area contributed by atoms with E-state index in [2.05, 4.69) is 34.9 Å². The summed E-state index contributed by atoms with van der Waals surface area (Å²) in [6.45, 7) is 1.87. The van der Waals surface area contributed by atoms with Crippen molar-refractivity contribution < 1.29 is 4.79 Å². The number of carbonyl (C=O) groups excluding carboxylic acids is 1. The quantitative estimate of drug-likeness (QED) is 0.806. The molecule has 2 aromatic rings. The highest BCUT2D eigenvalue weighted by Gasteiger charge is 2.35. The minimum Gasteiger partial charge on any atom is -0.336 e. The van der Waals surface area contributed by atoms with E-state index in [-0.39, 0.29) is 11.9 Å². The number of carbonyl (C=O) groups is 1. The van der Waals surface area contributed by atoms with Crippen molar-refractivity contribution in [3.8, 4) is 6.07 Å². The Kier molecular flexibility index (Phi) is 6.08. The van der Waals surface area contributed by atoms with Gasteiger partial charge in [0.05, 0.1) is 18.2 Å². The standard InChI is InChI=1S/C21H25N3OS/c1-16(20(25)24-21(15-22)12-6-3-7-13-21)23-19(18-11-8-14-26-18)17-9-4-2-5-10-17/h2,4-5,8-11,14,16,19,23H,3,6-7,12-13H2,1H3,(H,24,25)/t16-,19-/m1/s1. The Hall–Kier alpha value is -2.16. The summed E-state index contributed by atoms with van der Waals surface area (Å²) >= 11 is 1.67. The topological polar surface area (TPSA) is 64.9 Å². The van der Waals surface area contributed by atoms with Gasteiger partial charge in [0.2, 0.25) is 5.91 Å². The number of amides is 1. The summed E-state index contributed by atoms with van der Waals surface area (Å²) in [7, 11) is 0. The van der Waals surface area contributed by atoms with E-state index in [9.17, 15) is 10.1 Å². The van der Waals surface area contributed by atoms with Crippen LogP contribution in [0.3, 0.4) is 0 Å². The highest BCUT2D eigenvalue weighted by Crippen LogP contribution is 2.29. The molecule has 4 nitrogen and oxygen atoms in total. The van der Waals surface area contributed by atoms with Gasteiger partial charge in [-0.25, -0.2) is 0 Å². The average molecular weight is 368 g/mol. The molecule has 1 amide bonds. The van der Waals surface area contributed by atoms with Crippen LogP contribution in [0.1, 0.15) is 55.5 Å². The maximum atomic E-state index is 12.8. The lowest BCUT2D eigenvalue weighted by molar-refractivity contribution is -0.124. The number of benzene rings is 1. The molecule has 1 aliphatic carbocycles. The molecule has 2 N–H and O–H groups in total. The molecule has 0 bridgehead atoms. The Morgan fingerprint density at radius 1 is 1.15 bits per heavy atom. The van der Waals surface area contributed by atoms with Crippen LogP contribution in [0.25, 0.3) is 0 Å². The lowest BCUT2D eigenvalue weighted by atomic mass is 9.82. The van der Waals surface area contributed by atoms with Crippen LogP contribution in [0.4, 0.5) is 0 Å². The molecule has 0 aliphatic heterocycles. The van der Waals surface area contributed by atoms with Crippen LogP contribution in [-0.4, -0.2) is 17.5 Å². The Morgan fingerprint density at radius 3 is 2.50 bits per heavy atom. The molecule has 0 radical (unpaired) electrons. The van der Waals surface area contributed by atoms with Gasteiger partial charge in [0, 0.05) is 4.88 Å². The summed E-state index contributed by atoms with van der Waals surface area (Å²) < 4.78 is 0. The van der Waals surface area contributed by atoms with Gasteiger partial charge in [-0.2, -0.15) is 5.26 Å². The summed E-state index contributed by atoms with van der Waals surface area (Å²) in [6.07, 6.45) is 4.63. The molecule has 1 aromatic heterocycles. The van der Waals surface area contributed by atoms with Crippen molar-refractivity contribution in [1.82, 2.24) is 10.6 Å². The maximum Gasteiger partial charge on any atom is 0.238 e. The van der Waals surface area contributed by atoms with Crippen LogP contribution >= 0.6 is 11.3 Å². The second-order valence-corrected chi connectivity index (χ2v) is 7.97. The molecule has 0 spiro atoms. The Balaban J connectivity index is 1.72. The molecule has 2 atom stereocenters. The summed E-state index contributed by atoms with van der Waals surface area (Å²) in [5.41, 5.74) is 0.429. The van der Waals surface area contributed by atoms with E-state index < -0.39 is 11.6 Å². The first-order valence-corrected chi connectivity index (χ1v) is 10.1. The normalized spacial score (nSPS) is 18.5. The van der Waals surface area contributed by atoms with E-state index in [4.69, 9.17) is 0 Å². The number of nitrogens with one attached hydrogen (secondary N) is 2. The van der Waals surface area contributed by atoms with Crippen molar-refractivity contribution in [2.75, 3.05) is 0 Å². The Morgan fingerprint density at radius 2 is 1.88 bits per heavy atom. The smallest absolute Gasteiger partial charge is 0.238 e. The number of nitrogens with zero attached hydrogens (tertiary/aromatic N) is 1. The van der Waals surface area contributed by atoms with Crippen LogP contribution in [0.15, 0.2) is 47.8 Å². The van der Waals surface area contributed by atoms with Crippen molar-refractivity contribution in [3.05, 3.63) is 58.3 Å². The molecule has 5 heteroatoms. The zero-order valence-corrected chi connectivity index (χ0v) is 15.9. The van der Waals surface area contributed by atoms with Crippen molar-refractivity contribution in [3.63, 3.8) is 0 Å². The number of hydrogen-bond donors (Lipinski definition) is 2. The van der Waals surface area contributed by atoms with Crippen LogP contribution in [0.2, 0.25) is 0 Å². The van der Waals surface area contributed by atoms with Crippen LogP contribution < -0.4 is 10.6 Å². The lowest BCUT2D eigenvalue weighted by Gasteiger charge is -2.33. The summed E-state index contributed by atoms with van der Waals surface area (Å²) in [5.74, 6) is -0.106. The molecule has 3 rings (SSSR count). The van der Waals surface area contributed by atoms with Gasteiger partial charge in [-0.15, -0.1) is 11.3 Å². The van der Waals surface area contributed by atoms with Gasteiger partial charge in [0.15, 0.2) is 0 Å². The van der Waals surface area contributed by atoms with Gasteiger partial charge >= 0.3 is 0 Å². The van der Waals surface area contributed by atoms with E-state index >= 15 is 0 Å². The monoisotopic (exact) mass is 367 g/mol. The molecular weight excluding hydrogens is 342 g/mol. The third-order valence-electron chi connectivity index (χ3n) is 5.05. The van der Waals surface area contributed by atoms with E-state index in [1.54, 1.807) is 11.3 Å². The molecule has 1 saturated carbocycles. The predicted molar refractivity (Wildman–Crippen MR) is 105 cm³/mol. The van der Waals surface area contributed by atoms with Gasteiger partial charge in [-0.05, 0) is 36.8 Å². The van der Waals surface area contributed by atoms with Crippen LogP contribution in [0.5, 0.6) is 0 Å². The van der Waals surface area contributed by atoms with Crippen LogP contribution in [0, 0.1) is 11.3 Å². The lowest BCUT2D eigenvalue weighted by Crippen LogP contribution is -2.54. The largest absolute Gasteiger partial charge is 0.336 e.